The second kappa shape index (κ2) is 10.5. The molecule has 0 saturated carbocycles. The Labute approximate surface area is 191 Å². The number of rotatable bonds is 11. The van der Waals surface area contributed by atoms with Gasteiger partial charge < -0.3 is 4.90 Å². The number of ether oxygens (including phenoxy) is 1. The molecular weight excluding hydrogens is 497 g/mol. The summed E-state index contributed by atoms with van der Waals surface area (Å²) in [5.41, 5.74) is 3.40. The lowest BCUT2D eigenvalue weighted by molar-refractivity contribution is -0.406. The molecule has 13 heteroatoms. The van der Waals surface area contributed by atoms with Crippen LogP contribution < -0.4 is 4.90 Å². The van der Waals surface area contributed by atoms with Gasteiger partial charge in [-0.25, -0.2) is 0 Å². The fourth-order valence-corrected chi connectivity index (χ4v) is 4.42. The lowest BCUT2D eigenvalue weighted by Crippen LogP contribution is -2.60. The molecule has 1 atom stereocenters. The van der Waals surface area contributed by atoms with Crippen LogP contribution in [-0.2, 0) is 9.53 Å². The van der Waals surface area contributed by atoms with Crippen molar-refractivity contribution in [2.45, 2.75) is 56.7 Å². The van der Waals surface area contributed by atoms with Crippen LogP contribution in [0.5, 0.6) is 0 Å². The van der Waals surface area contributed by atoms with Crippen molar-refractivity contribution < 1.29 is 49.0 Å². The van der Waals surface area contributed by atoms with Gasteiger partial charge in [-0.3, -0.25) is 9.53 Å². The van der Waals surface area contributed by atoms with E-state index in [-0.39, 0.29) is 17.0 Å². The standard InChI is InChI=1S/C21H24F9NO2Si/c1-5-34(4,6-2)12-8-11-31(16-10-7-9-15(3)13-16)17(32)20(27,21(28,29)30)33-19(25,26)14-18(22,23)24/h5-7,9-10,13H,1-2,8,11-12,14H2,3-4H3. The molecule has 0 aliphatic carbocycles. The van der Waals surface area contributed by atoms with E-state index < -0.39 is 51.3 Å². The summed E-state index contributed by atoms with van der Waals surface area (Å²) in [4.78, 5) is 13.0. The summed E-state index contributed by atoms with van der Waals surface area (Å²) in [5.74, 6) is -8.36. The molecule has 192 valence electrons. The smallest absolute Gasteiger partial charge is 0.307 e. The zero-order valence-electron chi connectivity index (χ0n) is 18.4. The van der Waals surface area contributed by atoms with Gasteiger partial charge in [-0.2, -0.15) is 39.5 Å². The average Bonchev–Trinajstić information content (AvgIpc) is 2.67. The van der Waals surface area contributed by atoms with Crippen molar-refractivity contribution in [2.24, 2.45) is 0 Å². The van der Waals surface area contributed by atoms with Gasteiger partial charge >= 0.3 is 30.2 Å². The maximum absolute atomic E-state index is 15.0. The maximum Gasteiger partial charge on any atom is 0.458 e. The lowest BCUT2D eigenvalue weighted by Gasteiger charge is -2.35. The summed E-state index contributed by atoms with van der Waals surface area (Å²) >= 11 is 0. The first-order valence-electron chi connectivity index (χ1n) is 9.85. The number of aryl methyl sites for hydroxylation is 1. The largest absolute Gasteiger partial charge is 0.458 e. The average molecular weight is 521 g/mol. The predicted octanol–water partition coefficient (Wildman–Crippen LogP) is 7.04. The van der Waals surface area contributed by atoms with Crippen molar-refractivity contribution in [1.29, 1.82) is 0 Å². The molecule has 0 radical (unpaired) electrons. The molecule has 1 rings (SSSR count). The van der Waals surface area contributed by atoms with Gasteiger partial charge in [0, 0.05) is 12.2 Å². The molecule has 1 amide bonds. The van der Waals surface area contributed by atoms with E-state index in [9.17, 15) is 44.3 Å². The number of carbonyl (C=O) groups excluding carboxylic acids is 1. The Hall–Kier alpha value is -2.28. The Balaban J connectivity index is 3.44. The van der Waals surface area contributed by atoms with Crippen molar-refractivity contribution >= 4 is 19.7 Å². The first-order valence-corrected chi connectivity index (χ1v) is 12.7. The zero-order valence-corrected chi connectivity index (χ0v) is 19.4. The number of alkyl halides is 9. The minimum Gasteiger partial charge on any atom is -0.307 e. The number of nitrogens with zero attached hydrogens (tertiary/aromatic N) is 1. The molecule has 0 aliphatic rings. The van der Waals surface area contributed by atoms with E-state index in [0.717, 1.165) is 6.07 Å². The molecule has 0 heterocycles. The fourth-order valence-electron chi connectivity index (χ4n) is 2.92. The Kier molecular flexibility index (Phi) is 9.23. The normalized spacial score (nSPS) is 14.9. The third-order valence-electron chi connectivity index (χ3n) is 4.92. The summed E-state index contributed by atoms with van der Waals surface area (Å²) in [7, 11) is -2.26. The summed E-state index contributed by atoms with van der Waals surface area (Å²) in [6, 6.07) is 5.47. The van der Waals surface area contributed by atoms with Crippen LogP contribution in [0.1, 0.15) is 18.4 Å². The van der Waals surface area contributed by atoms with E-state index in [1.807, 2.05) is 6.55 Å². The van der Waals surface area contributed by atoms with Crippen molar-refractivity contribution in [3.8, 4) is 0 Å². The van der Waals surface area contributed by atoms with Crippen LogP contribution in [0.2, 0.25) is 12.6 Å². The highest BCUT2D eigenvalue weighted by atomic mass is 28.3. The number of hydrogen-bond acceptors (Lipinski definition) is 2. The number of hydrogen-bond donors (Lipinski definition) is 0. The minimum atomic E-state index is -6.41. The number of anilines is 1. The molecule has 3 nitrogen and oxygen atoms in total. The van der Waals surface area contributed by atoms with Gasteiger partial charge in [-0.15, -0.1) is 13.2 Å². The first-order chi connectivity index (χ1) is 15.3. The number of benzene rings is 1. The SMILES string of the molecule is C=C[Si](C)(C=C)CCCN(C(=O)C(F)(OC(F)(F)CC(F)(F)F)C(F)(F)F)c1cccc(C)c1. The number of amides is 1. The Morgan fingerprint density at radius 1 is 1.06 bits per heavy atom. The summed E-state index contributed by atoms with van der Waals surface area (Å²) in [5, 5.41) is 0. The molecule has 0 spiro atoms. The first kappa shape index (κ1) is 29.7. The molecule has 1 aromatic carbocycles. The van der Waals surface area contributed by atoms with Crippen LogP contribution in [0, 0.1) is 6.92 Å². The van der Waals surface area contributed by atoms with Gasteiger partial charge in [0.1, 0.15) is 6.42 Å². The molecule has 34 heavy (non-hydrogen) atoms. The third-order valence-corrected chi connectivity index (χ3v) is 8.22. The summed E-state index contributed by atoms with van der Waals surface area (Å²) in [6.07, 6.45) is -21.0. The van der Waals surface area contributed by atoms with E-state index in [0.29, 0.717) is 11.6 Å². The van der Waals surface area contributed by atoms with Gasteiger partial charge in [-0.05, 0) is 37.1 Å². The topological polar surface area (TPSA) is 29.5 Å². The third kappa shape index (κ3) is 7.89. The molecule has 1 unspecified atom stereocenters. The number of halogens is 9. The highest BCUT2D eigenvalue weighted by Crippen LogP contribution is 2.44. The monoisotopic (exact) mass is 521 g/mol. The lowest BCUT2D eigenvalue weighted by atomic mass is 10.1. The van der Waals surface area contributed by atoms with Crippen molar-refractivity contribution in [2.75, 3.05) is 11.4 Å². The summed E-state index contributed by atoms with van der Waals surface area (Å²) in [6.45, 7) is 10.1. The van der Waals surface area contributed by atoms with Crippen molar-refractivity contribution in [1.82, 2.24) is 0 Å². The summed E-state index contributed by atoms with van der Waals surface area (Å²) < 4.78 is 123. The van der Waals surface area contributed by atoms with Crippen LogP contribution in [0.3, 0.4) is 0 Å². The van der Waals surface area contributed by atoms with Gasteiger partial charge in [0.05, 0.1) is 8.07 Å². The van der Waals surface area contributed by atoms with Gasteiger partial charge in [0.15, 0.2) is 0 Å². The second-order valence-electron chi connectivity index (χ2n) is 7.94. The second-order valence-corrected chi connectivity index (χ2v) is 12.3. The van der Waals surface area contributed by atoms with E-state index in [1.54, 1.807) is 11.4 Å². The molecule has 1 aromatic rings. The Bertz CT molecular complexity index is 878. The number of carbonyl (C=O) groups is 1. The van der Waals surface area contributed by atoms with Crippen molar-refractivity contribution in [3.63, 3.8) is 0 Å². The molecule has 0 fully saturated rings. The van der Waals surface area contributed by atoms with E-state index >= 15 is 0 Å². The van der Waals surface area contributed by atoms with Crippen LogP contribution in [0.4, 0.5) is 45.2 Å². The van der Waals surface area contributed by atoms with Crippen molar-refractivity contribution in [3.05, 3.63) is 54.4 Å². The van der Waals surface area contributed by atoms with Crippen LogP contribution in [0.25, 0.3) is 0 Å². The maximum atomic E-state index is 15.0. The molecule has 0 N–H and O–H groups in total. The molecule has 0 bridgehead atoms. The molecule has 0 saturated heterocycles. The molecule has 0 aromatic heterocycles. The fraction of sp³-hybridized carbons (Fsp3) is 0.476. The zero-order chi connectivity index (χ0) is 26.6. The van der Waals surface area contributed by atoms with Gasteiger partial charge in [0.25, 0.3) is 0 Å². The van der Waals surface area contributed by atoms with Crippen LogP contribution in [-0.4, -0.2) is 44.8 Å². The minimum absolute atomic E-state index is 0.00662. The quantitative estimate of drug-likeness (QED) is 0.231. The molecular formula is C21H24F9NO2Si. The van der Waals surface area contributed by atoms with E-state index in [1.165, 1.54) is 25.1 Å². The highest BCUT2D eigenvalue weighted by molar-refractivity contribution is 6.87. The van der Waals surface area contributed by atoms with Crippen LogP contribution in [0.15, 0.2) is 48.8 Å². The Morgan fingerprint density at radius 3 is 2.06 bits per heavy atom. The predicted molar refractivity (Wildman–Crippen MR) is 112 cm³/mol. The van der Waals surface area contributed by atoms with Gasteiger partial charge in [-0.1, -0.05) is 30.1 Å². The highest BCUT2D eigenvalue weighted by Gasteiger charge is 2.69. The molecule has 0 aliphatic heterocycles. The Morgan fingerprint density at radius 2 is 1.62 bits per heavy atom. The van der Waals surface area contributed by atoms with Gasteiger partial charge in [0.2, 0.25) is 0 Å². The van der Waals surface area contributed by atoms with Crippen LogP contribution >= 0.6 is 0 Å². The van der Waals surface area contributed by atoms with E-state index in [2.05, 4.69) is 17.9 Å². The van der Waals surface area contributed by atoms with E-state index in [4.69, 9.17) is 0 Å².